The number of carbonyl (C=O) groups excluding carboxylic acids is 1. The van der Waals surface area contributed by atoms with Crippen molar-refractivity contribution in [2.24, 2.45) is 0 Å². The summed E-state index contributed by atoms with van der Waals surface area (Å²) in [6.07, 6.45) is 2.22. The van der Waals surface area contributed by atoms with Crippen LogP contribution in [0.3, 0.4) is 0 Å². The van der Waals surface area contributed by atoms with Gasteiger partial charge in [-0.25, -0.2) is 0 Å². The van der Waals surface area contributed by atoms with Crippen molar-refractivity contribution in [1.29, 1.82) is 0 Å². The van der Waals surface area contributed by atoms with Gasteiger partial charge in [0.25, 0.3) is 5.91 Å². The number of amides is 1. The van der Waals surface area contributed by atoms with Gasteiger partial charge in [0.05, 0.1) is 14.2 Å². The van der Waals surface area contributed by atoms with Crippen molar-refractivity contribution in [3.63, 3.8) is 0 Å². The minimum absolute atomic E-state index is 0.252. The molecule has 0 radical (unpaired) electrons. The molecule has 6 nitrogen and oxygen atoms in total. The molecule has 1 saturated carbocycles. The summed E-state index contributed by atoms with van der Waals surface area (Å²) in [5.41, 5.74) is 1.20. The lowest BCUT2D eigenvalue weighted by molar-refractivity contribution is 0.0941. The maximum atomic E-state index is 12.1. The number of rotatable bonds is 6. The van der Waals surface area contributed by atoms with E-state index in [1.54, 1.807) is 26.4 Å². The molecule has 0 bridgehead atoms. The van der Waals surface area contributed by atoms with Crippen LogP contribution in [0.1, 0.15) is 40.6 Å². The van der Waals surface area contributed by atoms with Gasteiger partial charge in [-0.05, 0) is 30.5 Å². The Hall–Kier alpha value is -2.50. The molecule has 1 aliphatic rings. The Kier molecular flexibility index (Phi) is 4.00. The number of nitrogens with one attached hydrogen (secondary N) is 1. The smallest absolute Gasteiger partial charge is 0.273 e. The van der Waals surface area contributed by atoms with Crippen molar-refractivity contribution < 1.29 is 18.8 Å². The predicted molar refractivity (Wildman–Crippen MR) is 79.2 cm³/mol. The van der Waals surface area contributed by atoms with Crippen LogP contribution in [0.4, 0.5) is 0 Å². The molecule has 2 aromatic rings. The number of nitrogens with zero attached hydrogens (tertiary/aromatic N) is 1. The van der Waals surface area contributed by atoms with Gasteiger partial charge in [-0.2, -0.15) is 0 Å². The van der Waals surface area contributed by atoms with E-state index in [1.807, 2.05) is 12.1 Å². The van der Waals surface area contributed by atoms with E-state index in [0.717, 1.165) is 24.2 Å². The van der Waals surface area contributed by atoms with E-state index in [2.05, 4.69) is 10.5 Å². The van der Waals surface area contributed by atoms with Crippen molar-refractivity contribution in [3.8, 4) is 11.5 Å². The zero-order valence-electron chi connectivity index (χ0n) is 12.6. The Balaban J connectivity index is 1.64. The Morgan fingerprint density at radius 1 is 1.23 bits per heavy atom. The molecule has 116 valence electrons. The highest BCUT2D eigenvalue weighted by atomic mass is 16.5. The monoisotopic (exact) mass is 302 g/mol. The first-order chi connectivity index (χ1) is 10.7. The normalized spacial score (nSPS) is 13.7. The van der Waals surface area contributed by atoms with Gasteiger partial charge in [0.15, 0.2) is 5.69 Å². The largest absolute Gasteiger partial charge is 0.497 e. The summed E-state index contributed by atoms with van der Waals surface area (Å²) in [5, 5.41) is 6.64. The summed E-state index contributed by atoms with van der Waals surface area (Å²) in [6.45, 7) is 0.359. The van der Waals surface area contributed by atoms with Gasteiger partial charge in [-0.3, -0.25) is 4.79 Å². The van der Waals surface area contributed by atoms with Crippen molar-refractivity contribution in [2.75, 3.05) is 14.2 Å². The molecule has 1 heterocycles. The Morgan fingerprint density at radius 3 is 2.50 bits per heavy atom. The second-order valence-electron chi connectivity index (χ2n) is 5.29. The number of hydrogen-bond acceptors (Lipinski definition) is 5. The molecule has 0 aliphatic heterocycles. The first-order valence-corrected chi connectivity index (χ1v) is 7.16. The molecule has 1 amide bonds. The topological polar surface area (TPSA) is 73.6 Å². The number of aromatic nitrogens is 1. The van der Waals surface area contributed by atoms with E-state index in [1.165, 1.54) is 0 Å². The second-order valence-corrected chi connectivity index (χ2v) is 5.29. The molecular formula is C16H18N2O4. The Labute approximate surface area is 128 Å². The lowest BCUT2D eigenvalue weighted by Crippen LogP contribution is -2.23. The van der Waals surface area contributed by atoms with Crippen molar-refractivity contribution in [2.45, 2.75) is 25.3 Å². The number of hydrogen-bond donors (Lipinski definition) is 1. The molecule has 0 unspecified atom stereocenters. The van der Waals surface area contributed by atoms with Crippen LogP contribution in [0.25, 0.3) is 0 Å². The fourth-order valence-corrected chi connectivity index (χ4v) is 2.20. The number of ether oxygens (including phenoxy) is 2. The molecule has 0 spiro atoms. The Morgan fingerprint density at radius 2 is 1.91 bits per heavy atom. The molecule has 0 saturated heterocycles. The van der Waals surface area contributed by atoms with Crippen LogP contribution < -0.4 is 14.8 Å². The number of carbonyl (C=O) groups is 1. The maximum Gasteiger partial charge on any atom is 0.273 e. The molecule has 3 rings (SSSR count). The van der Waals surface area contributed by atoms with Gasteiger partial charge in [0, 0.05) is 24.6 Å². The second kappa shape index (κ2) is 6.09. The molecule has 22 heavy (non-hydrogen) atoms. The van der Waals surface area contributed by atoms with Crippen molar-refractivity contribution >= 4 is 5.91 Å². The van der Waals surface area contributed by atoms with Crippen LogP contribution in [-0.2, 0) is 6.54 Å². The van der Waals surface area contributed by atoms with Crippen LogP contribution in [0.5, 0.6) is 11.5 Å². The highest BCUT2D eigenvalue weighted by Gasteiger charge is 2.28. The highest BCUT2D eigenvalue weighted by molar-refractivity contribution is 5.92. The van der Waals surface area contributed by atoms with Gasteiger partial charge in [0.1, 0.15) is 17.3 Å². The first-order valence-electron chi connectivity index (χ1n) is 7.16. The molecular weight excluding hydrogens is 284 g/mol. The predicted octanol–water partition coefficient (Wildman–Crippen LogP) is 2.50. The molecule has 1 N–H and O–H groups in total. The van der Waals surface area contributed by atoms with E-state index in [0.29, 0.717) is 29.7 Å². The van der Waals surface area contributed by atoms with Crippen LogP contribution in [0.15, 0.2) is 28.8 Å². The van der Waals surface area contributed by atoms with Crippen molar-refractivity contribution in [3.05, 3.63) is 41.3 Å². The molecule has 0 atom stereocenters. The summed E-state index contributed by atoms with van der Waals surface area (Å²) >= 11 is 0. The van der Waals surface area contributed by atoms with Crippen LogP contribution in [0.2, 0.25) is 0 Å². The summed E-state index contributed by atoms with van der Waals surface area (Å²) in [5.74, 6) is 2.35. The molecule has 1 aromatic heterocycles. The average molecular weight is 302 g/mol. The Bertz CT molecular complexity index is 654. The zero-order chi connectivity index (χ0) is 15.5. The third-order valence-corrected chi connectivity index (χ3v) is 3.61. The van der Waals surface area contributed by atoms with Crippen LogP contribution in [-0.4, -0.2) is 25.3 Å². The average Bonchev–Trinajstić information content (AvgIpc) is 3.29. The summed E-state index contributed by atoms with van der Waals surface area (Å²) in [7, 11) is 3.18. The van der Waals surface area contributed by atoms with E-state index in [-0.39, 0.29) is 5.91 Å². The lowest BCUT2D eigenvalue weighted by Gasteiger charge is -2.09. The minimum atomic E-state index is -0.252. The van der Waals surface area contributed by atoms with Gasteiger partial charge >= 0.3 is 0 Å². The van der Waals surface area contributed by atoms with E-state index in [4.69, 9.17) is 14.0 Å². The SMILES string of the molecule is COc1cc(CNC(=O)c2cc(C3CC3)on2)cc(OC)c1. The van der Waals surface area contributed by atoms with E-state index >= 15 is 0 Å². The number of methoxy groups -OCH3 is 2. The molecule has 6 heteroatoms. The highest BCUT2D eigenvalue weighted by Crippen LogP contribution is 2.40. The summed E-state index contributed by atoms with van der Waals surface area (Å²) in [4.78, 5) is 12.1. The third-order valence-electron chi connectivity index (χ3n) is 3.61. The van der Waals surface area contributed by atoms with E-state index in [9.17, 15) is 4.79 Å². The summed E-state index contributed by atoms with van der Waals surface area (Å²) in [6, 6.07) is 7.20. The van der Waals surface area contributed by atoms with E-state index < -0.39 is 0 Å². The fourth-order valence-electron chi connectivity index (χ4n) is 2.20. The van der Waals surface area contributed by atoms with Gasteiger partial charge in [0.2, 0.25) is 0 Å². The van der Waals surface area contributed by atoms with Crippen LogP contribution >= 0.6 is 0 Å². The van der Waals surface area contributed by atoms with Gasteiger partial charge in [-0.1, -0.05) is 5.16 Å². The van der Waals surface area contributed by atoms with Crippen molar-refractivity contribution in [1.82, 2.24) is 10.5 Å². The van der Waals surface area contributed by atoms with Crippen LogP contribution in [0, 0.1) is 0 Å². The molecule has 1 aliphatic carbocycles. The lowest BCUT2D eigenvalue weighted by atomic mass is 10.2. The standard InChI is InChI=1S/C16H18N2O4/c1-20-12-5-10(6-13(7-12)21-2)9-17-16(19)14-8-15(22-18-14)11-3-4-11/h5-8,11H,3-4,9H2,1-2H3,(H,17,19). The molecule has 1 aromatic carbocycles. The minimum Gasteiger partial charge on any atom is -0.497 e. The number of benzene rings is 1. The first kappa shape index (κ1) is 14.4. The molecule has 1 fully saturated rings. The van der Waals surface area contributed by atoms with Gasteiger partial charge in [-0.15, -0.1) is 0 Å². The fraction of sp³-hybridized carbons (Fsp3) is 0.375. The quantitative estimate of drug-likeness (QED) is 0.887. The maximum absolute atomic E-state index is 12.1. The zero-order valence-corrected chi connectivity index (χ0v) is 12.6. The third kappa shape index (κ3) is 3.21. The summed E-state index contributed by atoms with van der Waals surface area (Å²) < 4.78 is 15.6. The van der Waals surface area contributed by atoms with Gasteiger partial charge < -0.3 is 19.3 Å².